The Bertz CT molecular complexity index is 416. The van der Waals surface area contributed by atoms with Crippen LogP contribution >= 0.6 is 0 Å². The molecule has 2 atom stereocenters. The van der Waals surface area contributed by atoms with E-state index in [2.05, 4.69) is 13.0 Å². The van der Waals surface area contributed by atoms with Crippen molar-refractivity contribution in [2.45, 2.75) is 38.8 Å². The van der Waals surface area contributed by atoms with E-state index < -0.39 is 0 Å². The van der Waals surface area contributed by atoms with Gasteiger partial charge in [-0.3, -0.25) is 4.79 Å². The predicted octanol–water partition coefficient (Wildman–Crippen LogP) is 2.39. The van der Waals surface area contributed by atoms with Crippen LogP contribution in [0.25, 0.3) is 0 Å². The van der Waals surface area contributed by atoms with Gasteiger partial charge in [0.25, 0.3) is 5.91 Å². The van der Waals surface area contributed by atoms with Crippen molar-refractivity contribution in [2.24, 2.45) is 0 Å². The van der Waals surface area contributed by atoms with Crippen LogP contribution in [0.1, 0.15) is 25.8 Å². The van der Waals surface area contributed by atoms with E-state index >= 15 is 0 Å². The molecule has 1 aromatic rings. The summed E-state index contributed by atoms with van der Waals surface area (Å²) in [6.07, 6.45) is 1.67. The molecule has 0 saturated carbocycles. The SMILES string of the molecule is COC(C)C(=O)N1c2ccccc2CCC1C. The molecule has 1 aliphatic heterocycles. The molecule has 1 aromatic carbocycles. The summed E-state index contributed by atoms with van der Waals surface area (Å²) < 4.78 is 5.14. The fourth-order valence-electron chi connectivity index (χ4n) is 2.32. The predicted molar refractivity (Wildman–Crippen MR) is 68.2 cm³/mol. The molecule has 0 bridgehead atoms. The highest BCUT2D eigenvalue weighted by atomic mass is 16.5. The van der Waals surface area contributed by atoms with E-state index in [0.29, 0.717) is 0 Å². The summed E-state index contributed by atoms with van der Waals surface area (Å²) in [5.41, 5.74) is 2.29. The zero-order valence-corrected chi connectivity index (χ0v) is 10.6. The summed E-state index contributed by atoms with van der Waals surface area (Å²) in [7, 11) is 1.57. The van der Waals surface area contributed by atoms with E-state index in [0.717, 1.165) is 18.5 Å². The highest BCUT2D eigenvalue weighted by Gasteiger charge is 2.30. The van der Waals surface area contributed by atoms with Crippen molar-refractivity contribution in [3.8, 4) is 0 Å². The van der Waals surface area contributed by atoms with Gasteiger partial charge in [0.05, 0.1) is 0 Å². The quantitative estimate of drug-likeness (QED) is 0.785. The summed E-state index contributed by atoms with van der Waals surface area (Å²) in [5, 5.41) is 0. The van der Waals surface area contributed by atoms with Crippen molar-refractivity contribution < 1.29 is 9.53 Å². The van der Waals surface area contributed by atoms with Gasteiger partial charge in [-0.15, -0.1) is 0 Å². The molecule has 0 spiro atoms. The number of hydrogen-bond donors (Lipinski definition) is 0. The van der Waals surface area contributed by atoms with Crippen molar-refractivity contribution in [3.63, 3.8) is 0 Å². The van der Waals surface area contributed by atoms with E-state index in [1.165, 1.54) is 5.56 Å². The smallest absolute Gasteiger partial charge is 0.256 e. The second kappa shape index (κ2) is 4.88. The number of nitrogens with zero attached hydrogens (tertiary/aromatic N) is 1. The lowest BCUT2D eigenvalue weighted by atomic mass is 9.96. The number of aryl methyl sites for hydroxylation is 1. The van der Waals surface area contributed by atoms with Crippen LogP contribution in [0.4, 0.5) is 5.69 Å². The van der Waals surface area contributed by atoms with Gasteiger partial charge in [0.2, 0.25) is 0 Å². The molecular weight excluding hydrogens is 214 g/mol. The summed E-state index contributed by atoms with van der Waals surface area (Å²) in [4.78, 5) is 14.2. The second-order valence-corrected chi connectivity index (χ2v) is 4.60. The minimum absolute atomic E-state index is 0.0483. The second-order valence-electron chi connectivity index (χ2n) is 4.60. The van der Waals surface area contributed by atoms with Crippen LogP contribution in [0.5, 0.6) is 0 Å². The van der Waals surface area contributed by atoms with Crippen LogP contribution < -0.4 is 4.90 Å². The Morgan fingerprint density at radius 3 is 2.88 bits per heavy atom. The molecule has 1 amide bonds. The van der Waals surface area contributed by atoms with Crippen LogP contribution in [-0.2, 0) is 16.0 Å². The molecular formula is C14H19NO2. The lowest BCUT2D eigenvalue weighted by Gasteiger charge is -2.36. The first kappa shape index (κ1) is 12.1. The molecule has 0 N–H and O–H groups in total. The monoisotopic (exact) mass is 233 g/mol. The minimum atomic E-state index is -0.386. The summed E-state index contributed by atoms with van der Waals surface area (Å²) in [6.45, 7) is 3.89. The number of anilines is 1. The molecule has 0 saturated heterocycles. The molecule has 1 aliphatic rings. The van der Waals surface area contributed by atoms with Gasteiger partial charge in [-0.1, -0.05) is 18.2 Å². The highest BCUT2D eigenvalue weighted by molar-refractivity contribution is 5.97. The number of carbonyl (C=O) groups is 1. The maximum absolute atomic E-state index is 12.3. The zero-order valence-electron chi connectivity index (χ0n) is 10.6. The highest BCUT2D eigenvalue weighted by Crippen LogP contribution is 2.31. The molecule has 0 aliphatic carbocycles. The third-order valence-corrected chi connectivity index (χ3v) is 3.46. The standard InChI is InChI=1S/C14H19NO2/c1-10-8-9-12-6-4-5-7-13(12)15(10)14(16)11(2)17-3/h4-7,10-11H,8-9H2,1-3H3. The summed E-state index contributed by atoms with van der Waals surface area (Å²) >= 11 is 0. The molecule has 0 radical (unpaired) electrons. The molecule has 1 heterocycles. The van der Waals surface area contributed by atoms with Crippen LogP contribution in [0, 0.1) is 0 Å². The Labute approximate surface area is 102 Å². The Morgan fingerprint density at radius 1 is 1.47 bits per heavy atom. The summed E-state index contributed by atoms with van der Waals surface area (Å²) in [6, 6.07) is 8.37. The molecule has 17 heavy (non-hydrogen) atoms. The average molecular weight is 233 g/mol. The number of para-hydroxylation sites is 1. The van der Waals surface area contributed by atoms with Crippen molar-refractivity contribution in [1.29, 1.82) is 0 Å². The first-order valence-electron chi connectivity index (χ1n) is 6.09. The zero-order chi connectivity index (χ0) is 12.4. The van der Waals surface area contributed by atoms with Gasteiger partial charge in [0, 0.05) is 18.8 Å². The van der Waals surface area contributed by atoms with E-state index in [1.54, 1.807) is 14.0 Å². The Balaban J connectivity index is 2.36. The maximum atomic E-state index is 12.3. The third-order valence-electron chi connectivity index (χ3n) is 3.46. The van der Waals surface area contributed by atoms with Crippen molar-refractivity contribution >= 4 is 11.6 Å². The van der Waals surface area contributed by atoms with Crippen molar-refractivity contribution in [1.82, 2.24) is 0 Å². The number of benzene rings is 1. The molecule has 0 fully saturated rings. The van der Waals surface area contributed by atoms with Gasteiger partial charge in [0.15, 0.2) is 0 Å². The summed E-state index contributed by atoms with van der Waals surface area (Å²) in [5.74, 6) is 0.0483. The normalized spacial score (nSPS) is 20.9. The van der Waals surface area contributed by atoms with E-state index in [9.17, 15) is 4.79 Å². The third kappa shape index (κ3) is 2.20. The number of amides is 1. The molecule has 0 aromatic heterocycles. The number of fused-ring (bicyclic) bond motifs is 1. The number of methoxy groups -OCH3 is 1. The van der Waals surface area contributed by atoms with E-state index in [4.69, 9.17) is 4.74 Å². The van der Waals surface area contributed by atoms with Gasteiger partial charge < -0.3 is 9.64 Å². The van der Waals surface area contributed by atoms with Crippen LogP contribution in [0.3, 0.4) is 0 Å². The fraction of sp³-hybridized carbons (Fsp3) is 0.500. The van der Waals surface area contributed by atoms with Gasteiger partial charge >= 0.3 is 0 Å². The van der Waals surface area contributed by atoms with Crippen LogP contribution in [-0.4, -0.2) is 25.2 Å². The largest absolute Gasteiger partial charge is 0.372 e. The average Bonchev–Trinajstić information content (AvgIpc) is 2.37. The first-order chi connectivity index (χ1) is 8.15. The van der Waals surface area contributed by atoms with Crippen molar-refractivity contribution in [3.05, 3.63) is 29.8 Å². The van der Waals surface area contributed by atoms with Gasteiger partial charge in [0.1, 0.15) is 6.10 Å². The van der Waals surface area contributed by atoms with Crippen LogP contribution in [0.2, 0.25) is 0 Å². The number of carbonyl (C=O) groups excluding carboxylic acids is 1. The number of rotatable bonds is 2. The van der Waals surface area contributed by atoms with Crippen molar-refractivity contribution in [2.75, 3.05) is 12.0 Å². The fourth-order valence-corrected chi connectivity index (χ4v) is 2.32. The topological polar surface area (TPSA) is 29.5 Å². The first-order valence-corrected chi connectivity index (χ1v) is 6.09. The Morgan fingerprint density at radius 2 is 2.18 bits per heavy atom. The number of ether oxygens (including phenoxy) is 1. The molecule has 3 heteroatoms. The molecule has 92 valence electrons. The molecule has 2 unspecified atom stereocenters. The van der Waals surface area contributed by atoms with E-state index in [1.807, 2.05) is 23.1 Å². The molecule has 2 rings (SSSR count). The van der Waals surface area contributed by atoms with Crippen LogP contribution in [0.15, 0.2) is 24.3 Å². The minimum Gasteiger partial charge on any atom is -0.372 e. The Kier molecular flexibility index (Phi) is 3.48. The Hall–Kier alpha value is -1.35. The maximum Gasteiger partial charge on any atom is 0.256 e. The lowest BCUT2D eigenvalue weighted by Crippen LogP contribution is -2.46. The van der Waals surface area contributed by atoms with Gasteiger partial charge in [-0.2, -0.15) is 0 Å². The lowest BCUT2D eigenvalue weighted by molar-refractivity contribution is -0.127. The van der Waals surface area contributed by atoms with Gasteiger partial charge in [-0.05, 0) is 38.3 Å². The number of hydrogen-bond acceptors (Lipinski definition) is 2. The van der Waals surface area contributed by atoms with E-state index in [-0.39, 0.29) is 18.1 Å². The van der Waals surface area contributed by atoms with Gasteiger partial charge in [-0.25, -0.2) is 0 Å². The molecule has 3 nitrogen and oxygen atoms in total.